The number of methoxy groups -OCH3 is 1. The Morgan fingerprint density at radius 2 is 2.20 bits per heavy atom. The second kappa shape index (κ2) is 7.36. The second-order valence-corrected chi connectivity index (χ2v) is 5.79. The van der Waals surface area contributed by atoms with E-state index in [4.69, 9.17) is 9.47 Å². The fourth-order valence-corrected chi connectivity index (χ4v) is 3.00. The van der Waals surface area contributed by atoms with E-state index in [1.165, 1.54) is 0 Å². The molecular weight excluding hydrogens is 260 g/mol. The highest BCUT2D eigenvalue weighted by Gasteiger charge is 2.35. The summed E-state index contributed by atoms with van der Waals surface area (Å²) in [4.78, 5) is 15.8. The average Bonchev–Trinajstić information content (AvgIpc) is 2.78. The molecule has 2 aliphatic heterocycles. The van der Waals surface area contributed by atoms with Crippen LogP contribution in [0.25, 0.3) is 0 Å². The molecule has 2 saturated heterocycles. The Balaban J connectivity index is 1.67. The van der Waals surface area contributed by atoms with Gasteiger partial charge in [0, 0.05) is 45.8 Å². The number of nitrogens with zero attached hydrogens (tertiary/aromatic N) is 2. The Morgan fingerprint density at radius 3 is 2.95 bits per heavy atom. The smallest absolute Gasteiger partial charge is 0.222 e. The van der Waals surface area contributed by atoms with Gasteiger partial charge in [-0.05, 0) is 13.3 Å². The van der Waals surface area contributed by atoms with Crippen LogP contribution in [0.2, 0.25) is 0 Å². The summed E-state index contributed by atoms with van der Waals surface area (Å²) in [6.45, 7) is 5.90. The first-order valence-corrected chi connectivity index (χ1v) is 7.40. The molecule has 2 heterocycles. The molecule has 116 valence electrons. The molecule has 2 fully saturated rings. The zero-order valence-corrected chi connectivity index (χ0v) is 12.5. The third kappa shape index (κ3) is 4.15. The Labute approximate surface area is 120 Å². The minimum absolute atomic E-state index is 0.000971. The van der Waals surface area contributed by atoms with Crippen LogP contribution >= 0.6 is 0 Å². The van der Waals surface area contributed by atoms with E-state index >= 15 is 0 Å². The molecule has 1 N–H and O–H groups in total. The highest BCUT2D eigenvalue weighted by atomic mass is 16.5. The Morgan fingerprint density at radius 1 is 1.40 bits per heavy atom. The number of ether oxygens (including phenoxy) is 2. The number of β-amino-alcohol motifs (C(OH)–C–C–N with tert-alkyl or cyclic N) is 1. The van der Waals surface area contributed by atoms with Gasteiger partial charge in [0.15, 0.2) is 0 Å². The normalized spacial score (nSPS) is 26.6. The summed E-state index contributed by atoms with van der Waals surface area (Å²) in [6.07, 6.45) is 1.14. The molecule has 0 bridgehead atoms. The molecule has 2 rings (SSSR count). The topological polar surface area (TPSA) is 62.2 Å². The van der Waals surface area contributed by atoms with Crippen molar-refractivity contribution >= 4 is 5.91 Å². The molecule has 3 atom stereocenters. The van der Waals surface area contributed by atoms with Crippen molar-refractivity contribution in [2.75, 3.05) is 46.5 Å². The van der Waals surface area contributed by atoms with Crippen LogP contribution in [-0.4, -0.2) is 85.6 Å². The zero-order chi connectivity index (χ0) is 14.5. The molecule has 6 heteroatoms. The van der Waals surface area contributed by atoms with Crippen LogP contribution in [-0.2, 0) is 14.3 Å². The highest BCUT2D eigenvalue weighted by Crippen LogP contribution is 2.22. The van der Waals surface area contributed by atoms with Crippen molar-refractivity contribution in [3.63, 3.8) is 0 Å². The maximum absolute atomic E-state index is 11.6. The first kappa shape index (κ1) is 15.7. The van der Waals surface area contributed by atoms with Crippen LogP contribution in [0.1, 0.15) is 19.8 Å². The standard InChI is InChI=1S/C14H26N2O4/c1-11(9-19-2)20-10-13(17)8-15-5-6-16-12(7-15)3-4-14(16)18/h11-13,17H,3-10H2,1-2H3. The van der Waals surface area contributed by atoms with Crippen LogP contribution in [0.3, 0.4) is 0 Å². The van der Waals surface area contributed by atoms with Gasteiger partial charge in [0.05, 0.1) is 25.4 Å². The summed E-state index contributed by atoms with van der Waals surface area (Å²) in [6, 6.07) is 0.344. The lowest BCUT2D eigenvalue weighted by atomic mass is 10.1. The number of fused-ring (bicyclic) bond motifs is 1. The summed E-state index contributed by atoms with van der Waals surface area (Å²) < 4.78 is 10.5. The summed E-state index contributed by atoms with van der Waals surface area (Å²) >= 11 is 0. The van der Waals surface area contributed by atoms with Gasteiger partial charge in [-0.2, -0.15) is 0 Å². The number of piperazine rings is 1. The lowest BCUT2D eigenvalue weighted by molar-refractivity contribution is -0.131. The number of carbonyl (C=O) groups excluding carboxylic acids is 1. The number of aliphatic hydroxyl groups is 1. The Hall–Kier alpha value is -0.690. The predicted molar refractivity (Wildman–Crippen MR) is 74.5 cm³/mol. The third-order valence-electron chi connectivity index (χ3n) is 4.02. The largest absolute Gasteiger partial charge is 0.389 e. The molecule has 1 amide bonds. The third-order valence-corrected chi connectivity index (χ3v) is 4.02. The number of aliphatic hydroxyl groups excluding tert-OH is 1. The van der Waals surface area contributed by atoms with E-state index in [-0.39, 0.29) is 12.0 Å². The molecule has 6 nitrogen and oxygen atoms in total. The van der Waals surface area contributed by atoms with Crippen molar-refractivity contribution in [2.24, 2.45) is 0 Å². The van der Waals surface area contributed by atoms with Gasteiger partial charge in [-0.1, -0.05) is 0 Å². The van der Waals surface area contributed by atoms with Crippen LogP contribution in [0.4, 0.5) is 0 Å². The molecule has 0 aromatic heterocycles. The number of carbonyl (C=O) groups is 1. The molecule has 0 aliphatic carbocycles. The minimum atomic E-state index is -0.488. The number of hydrogen-bond acceptors (Lipinski definition) is 5. The monoisotopic (exact) mass is 286 g/mol. The van der Waals surface area contributed by atoms with Crippen LogP contribution in [0, 0.1) is 0 Å². The highest BCUT2D eigenvalue weighted by molar-refractivity contribution is 5.78. The first-order valence-electron chi connectivity index (χ1n) is 7.40. The van der Waals surface area contributed by atoms with Gasteiger partial charge in [-0.15, -0.1) is 0 Å². The lowest BCUT2D eigenvalue weighted by Crippen LogP contribution is -2.53. The maximum Gasteiger partial charge on any atom is 0.222 e. The van der Waals surface area contributed by atoms with E-state index in [1.54, 1.807) is 7.11 Å². The molecule has 0 aromatic carbocycles. The van der Waals surface area contributed by atoms with E-state index in [9.17, 15) is 9.90 Å². The van der Waals surface area contributed by atoms with Crippen LogP contribution in [0.5, 0.6) is 0 Å². The van der Waals surface area contributed by atoms with Gasteiger partial charge in [-0.3, -0.25) is 9.69 Å². The number of hydrogen-bond donors (Lipinski definition) is 1. The van der Waals surface area contributed by atoms with Crippen LogP contribution in [0.15, 0.2) is 0 Å². The molecular formula is C14H26N2O4. The van der Waals surface area contributed by atoms with Gasteiger partial charge < -0.3 is 19.5 Å². The maximum atomic E-state index is 11.6. The van der Waals surface area contributed by atoms with Crippen molar-refractivity contribution in [1.29, 1.82) is 0 Å². The second-order valence-electron chi connectivity index (χ2n) is 5.79. The van der Waals surface area contributed by atoms with Crippen molar-refractivity contribution in [2.45, 2.75) is 38.0 Å². The first-order chi connectivity index (χ1) is 9.60. The number of amides is 1. The van der Waals surface area contributed by atoms with Crippen LogP contribution < -0.4 is 0 Å². The minimum Gasteiger partial charge on any atom is -0.389 e. The van der Waals surface area contributed by atoms with E-state index in [2.05, 4.69) is 4.90 Å². The molecule has 0 radical (unpaired) electrons. The lowest BCUT2D eigenvalue weighted by Gasteiger charge is -2.38. The summed E-state index contributed by atoms with van der Waals surface area (Å²) in [5.41, 5.74) is 0. The molecule has 0 saturated carbocycles. The average molecular weight is 286 g/mol. The summed E-state index contributed by atoms with van der Waals surface area (Å²) in [7, 11) is 1.64. The molecule has 20 heavy (non-hydrogen) atoms. The SMILES string of the molecule is COCC(C)OCC(O)CN1CCN2C(=O)CCC2C1. The zero-order valence-electron chi connectivity index (χ0n) is 12.5. The van der Waals surface area contributed by atoms with E-state index in [0.717, 1.165) is 26.1 Å². The molecule has 2 aliphatic rings. The summed E-state index contributed by atoms with van der Waals surface area (Å²) in [5, 5.41) is 10.0. The van der Waals surface area contributed by atoms with Crippen molar-refractivity contribution in [1.82, 2.24) is 9.80 Å². The molecule has 3 unspecified atom stereocenters. The van der Waals surface area contributed by atoms with Gasteiger partial charge in [0.25, 0.3) is 0 Å². The quantitative estimate of drug-likeness (QED) is 0.696. The van der Waals surface area contributed by atoms with Crippen molar-refractivity contribution < 1.29 is 19.4 Å². The van der Waals surface area contributed by atoms with E-state index in [0.29, 0.717) is 32.2 Å². The van der Waals surface area contributed by atoms with Gasteiger partial charge in [-0.25, -0.2) is 0 Å². The van der Waals surface area contributed by atoms with Crippen molar-refractivity contribution in [3.05, 3.63) is 0 Å². The summed E-state index contributed by atoms with van der Waals surface area (Å²) in [5.74, 6) is 0.284. The fourth-order valence-electron chi connectivity index (χ4n) is 3.00. The van der Waals surface area contributed by atoms with E-state index in [1.807, 2.05) is 11.8 Å². The predicted octanol–water partition coefficient (Wildman–Crippen LogP) is -0.295. The molecule has 0 spiro atoms. The fraction of sp³-hybridized carbons (Fsp3) is 0.929. The Bertz CT molecular complexity index is 326. The van der Waals surface area contributed by atoms with Crippen molar-refractivity contribution in [3.8, 4) is 0 Å². The van der Waals surface area contributed by atoms with E-state index < -0.39 is 6.10 Å². The molecule has 0 aromatic rings. The van der Waals surface area contributed by atoms with Gasteiger partial charge in [0.1, 0.15) is 0 Å². The van der Waals surface area contributed by atoms with Gasteiger partial charge in [0.2, 0.25) is 5.91 Å². The number of rotatable bonds is 7. The Kier molecular flexibility index (Phi) is 5.77. The van der Waals surface area contributed by atoms with Gasteiger partial charge >= 0.3 is 0 Å².